The Kier molecular flexibility index (Phi) is 5.21. The molecule has 0 saturated heterocycles. The van der Waals surface area contributed by atoms with E-state index >= 15 is 0 Å². The highest BCUT2D eigenvalue weighted by atomic mass is 16.5. The van der Waals surface area contributed by atoms with Gasteiger partial charge in [-0.15, -0.1) is 0 Å². The van der Waals surface area contributed by atoms with Gasteiger partial charge in [0, 0.05) is 11.5 Å². The fraction of sp³-hybridized carbons (Fsp3) is 0.333. The molecule has 2 aromatic rings. The summed E-state index contributed by atoms with van der Waals surface area (Å²) in [6.45, 7) is 3.60. The lowest BCUT2D eigenvalue weighted by molar-refractivity contribution is -0.150. The molecule has 1 atom stereocenters. The first-order chi connectivity index (χ1) is 11.0. The zero-order valence-electron chi connectivity index (χ0n) is 13.6. The summed E-state index contributed by atoms with van der Waals surface area (Å²) in [6, 6.07) is 9.46. The highest BCUT2D eigenvalue weighted by Gasteiger charge is 2.34. The number of carbonyl (C=O) groups is 2. The Labute approximate surface area is 135 Å². The van der Waals surface area contributed by atoms with Gasteiger partial charge in [0.05, 0.1) is 7.11 Å². The minimum atomic E-state index is -1.03. The fourth-order valence-electron chi connectivity index (χ4n) is 2.50. The van der Waals surface area contributed by atoms with Crippen molar-refractivity contribution in [2.45, 2.75) is 32.2 Å². The number of para-hydroxylation sites is 1. The molecule has 1 aromatic carbocycles. The predicted octanol–water partition coefficient (Wildman–Crippen LogP) is 3.29. The van der Waals surface area contributed by atoms with Crippen LogP contribution >= 0.6 is 0 Å². The average Bonchev–Trinajstić information content (AvgIpc) is 2.95. The van der Waals surface area contributed by atoms with Crippen molar-refractivity contribution in [2.24, 2.45) is 0 Å². The van der Waals surface area contributed by atoms with Crippen LogP contribution in [-0.2, 0) is 14.3 Å². The Hall–Kier alpha value is -2.56. The van der Waals surface area contributed by atoms with Crippen molar-refractivity contribution in [3.8, 4) is 0 Å². The quantitative estimate of drug-likeness (QED) is 0.656. The highest BCUT2D eigenvalue weighted by Crippen LogP contribution is 2.20. The van der Waals surface area contributed by atoms with Crippen LogP contribution in [0.1, 0.15) is 32.4 Å². The van der Waals surface area contributed by atoms with Crippen LogP contribution in [0.4, 0.5) is 0 Å². The number of nitrogens with one attached hydrogen (secondary N) is 1. The highest BCUT2D eigenvalue weighted by molar-refractivity contribution is 5.96. The third-order valence-electron chi connectivity index (χ3n) is 3.63. The maximum atomic E-state index is 12.1. The molecule has 0 saturated carbocycles. The number of furan rings is 1. The van der Waals surface area contributed by atoms with E-state index in [4.69, 9.17) is 9.15 Å². The van der Waals surface area contributed by atoms with Crippen molar-refractivity contribution in [3.63, 3.8) is 0 Å². The van der Waals surface area contributed by atoms with Crippen LogP contribution in [0.15, 0.2) is 40.8 Å². The van der Waals surface area contributed by atoms with Crippen LogP contribution < -0.4 is 5.32 Å². The van der Waals surface area contributed by atoms with Crippen molar-refractivity contribution in [3.05, 3.63) is 42.2 Å². The number of amides is 1. The Balaban J connectivity index is 2.09. The summed E-state index contributed by atoms with van der Waals surface area (Å²) in [4.78, 5) is 24.0. The summed E-state index contributed by atoms with van der Waals surface area (Å²) < 4.78 is 10.4. The van der Waals surface area contributed by atoms with E-state index in [0.717, 1.165) is 17.4 Å². The number of hydrogen-bond donors (Lipinski definition) is 1. The molecule has 1 amide bonds. The molecule has 0 aliphatic heterocycles. The number of rotatable bonds is 6. The summed E-state index contributed by atoms with van der Waals surface area (Å²) in [6.07, 6.45) is 4.19. The first-order valence-electron chi connectivity index (χ1n) is 7.55. The molecule has 0 aliphatic carbocycles. The number of hydrogen-bond acceptors (Lipinski definition) is 4. The van der Waals surface area contributed by atoms with Gasteiger partial charge < -0.3 is 14.5 Å². The molecule has 0 fully saturated rings. The van der Waals surface area contributed by atoms with Gasteiger partial charge in [-0.05, 0) is 31.6 Å². The van der Waals surface area contributed by atoms with Gasteiger partial charge in [-0.3, -0.25) is 4.79 Å². The number of methoxy groups -OCH3 is 1. The summed E-state index contributed by atoms with van der Waals surface area (Å²) in [5, 5.41) is 3.68. The van der Waals surface area contributed by atoms with Crippen LogP contribution in [0, 0.1) is 0 Å². The number of carbonyl (C=O) groups excluding carboxylic acids is 2. The molecule has 1 N–H and O–H groups in total. The van der Waals surface area contributed by atoms with Crippen LogP contribution in [0.25, 0.3) is 17.0 Å². The number of ether oxygens (including phenoxy) is 1. The van der Waals surface area contributed by atoms with Crippen molar-refractivity contribution < 1.29 is 18.7 Å². The van der Waals surface area contributed by atoms with E-state index in [2.05, 4.69) is 5.32 Å². The Morgan fingerprint density at radius 1 is 1.35 bits per heavy atom. The van der Waals surface area contributed by atoms with Crippen LogP contribution in [0.2, 0.25) is 0 Å². The maximum absolute atomic E-state index is 12.1. The van der Waals surface area contributed by atoms with Crippen LogP contribution in [0.5, 0.6) is 0 Å². The van der Waals surface area contributed by atoms with Gasteiger partial charge in [-0.1, -0.05) is 31.5 Å². The molecule has 0 radical (unpaired) electrons. The maximum Gasteiger partial charge on any atom is 0.331 e. The second kappa shape index (κ2) is 7.13. The molecule has 0 spiro atoms. The van der Waals surface area contributed by atoms with E-state index in [9.17, 15) is 9.59 Å². The van der Waals surface area contributed by atoms with E-state index < -0.39 is 11.5 Å². The molecule has 1 unspecified atom stereocenters. The normalized spacial score (nSPS) is 13.9. The third-order valence-corrected chi connectivity index (χ3v) is 3.63. The summed E-state index contributed by atoms with van der Waals surface area (Å²) in [5.41, 5.74) is -0.267. The van der Waals surface area contributed by atoms with Gasteiger partial charge in [0.1, 0.15) is 16.9 Å². The Morgan fingerprint density at radius 2 is 2.09 bits per heavy atom. The smallest absolute Gasteiger partial charge is 0.331 e. The summed E-state index contributed by atoms with van der Waals surface area (Å²) in [5.74, 6) is -0.242. The van der Waals surface area contributed by atoms with Crippen molar-refractivity contribution >= 4 is 28.9 Å². The molecule has 0 aliphatic rings. The second-order valence-electron chi connectivity index (χ2n) is 5.58. The largest absolute Gasteiger partial charge is 0.467 e. The van der Waals surface area contributed by atoms with Gasteiger partial charge in [-0.25, -0.2) is 4.79 Å². The lowest BCUT2D eigenvalue weighted by Gasteiger charge is -2.26. The summed E-state index contributed by atoms with van der Waals surface area (Å²) >= 11 is 0. The predicted molar refractivity (Wildman–Crippen MR) is 88.7 cm³/mol. The molecule has 122 valence electrons. The van der Waals surface area contributed by atoms with Crippen molar-refractivity contribution in [1.29, 1.82) is 0 Å². The van der Waals surface area contributed by atoms with E-state index in [1.807, 2.05) is 37.3 Å². The molecular formula is C18H21NO4. The van der Waals surface area contributed by atoms with E-state index in [1.54, 1.807) is 13.0 Å². The first-order valence-corrected chi connectivity index (χ1v) is 7.55. The number of fused-ring (bicyclic) bond motifs is 1. The van der Waals surface area contributed by atoms with Gasteiger partial charge in [0.25, 0.3) is 0 Å². The first kappa shape index (κ1) is 16.8. The molecule has 1 aromatic heterocycles. The molecule has 2 rings (SSSR count). The second-order valence-corrected chi connectivity index (χ2v) is 5.58. The minimum Gasteiger partial charge on any atom is -0.467 e. The lowest BCUT2D eigenvalue weighted by Crippen LogP contribution is -2.52. The monoisotopic (exact) mass is 315 g/mol. The molecule has 0 bridgehead atoms. The molecule has 1 heterocycles. The van der Waals surface area contributed by atoms with Gasteiger partial charge in [0.15, 0.2) is 0 Å². The third kappa shape index (κ3) is 4.00. The molecule has 5 heteroatoms. The fourth-order valence-corrected chi connectivity index (χ4v) is 2.50. The van der Waals surface area contributed by atoms with Crippen molar-refractivity contribution in [2.75, 3.05) is 7.11 Å². The van der Waals surface area contributed by atoms with Gasteiger partial charge in [0.2, 0.25) is 5.91 Å². The zero-order chi connectivity index (χ0) is 16.9. The molecular weight excluding hydrogens is 294 g/mol. The minimum absolute atomic E-state index is 0.369. The van der Waals surface area contributed by atoms with E-state index in [-0.39, 0.29) is 5.91 Å². The topological polar surface area (TPSA) is 68.5 Å². The van der Waals surface area contributed by atoms with E-state index in [1.165, 1.54) is 13.2 Å². The summed E-state index contributed by atoms with van der Waals surface area (Å²) in [7, 11) is 1.31. The lowest BCUT2D eigenvalue weighted by atomic mass is 9.96. The molecule has 5 nitrogen and oxygen atoms in total. The van der Waals surface area contributed by atoms with Crippen LogP contribution in [-0.4, -0.2) is 24.5 Å². The number of esters is 1. The zero-order valence-corrected chi connectivity index (χ0v) is 13.6. The van der Waals surface area contributed by atoms with Crippen LogP contribution in [0.3, 0.4) is 0 Å². The standard InChI is InChI=1S/C18H21NO4/c1-4-11-18(2,17(21)22-3)19-16(20)10-9-14-12-13-7-5-6-8-15(13)23-14/h5-10,12H,4,11H2,1-3H3,(H,19,20)/b10-9+. The Morgan fingerprint density at radius 3 is 2.74 bits per heavy atom. The van der Waals surface area contributed by atoms with Gasteiger partial charge >= 0.3 is 5.97 Å². The van der Waals surface area contributed by atoms with E-state index in [0.29, 0.717) is 12.2 Å². The van der Waals surface area contributed by atoms with Gasteiger partial charge in [-0.2, -0.15) is 0 Å². The number of benzene rings is 1. The van der Waals surface area contributed by atoms with Crippen molar-refractivity contribution in [1.82, 2.24) is 5.32 Å². The Bertz CT molecular complexity index is 698. The SMILES string of the molecule is CCCC(C)(NC(=O)/C=C/c1cc2ccccc2o1)C(=O)OC. The average molecular weight is 315 g/mol. The molecule has 23 heavy (non-hydrogen) atoms.